The molecule has 0 aromatic carbocycles. The summed E-state index contributed by atoms with van der Waals surface area (Å²) in [5.74, 6) is 2.46. The average molecular weight is 291 g/mol. The molecule has 1 aliphatic heterocycles. The van der Waals surface area contributed by atoms with Crippen molar-refractivity contribution in [1.29, 1.82) is 0 Å². The Balaban J connectivity index is 2.26. The lowest BCUT2D eigenvalue weighted by atomic mass is 9.95. The van der Waals surface area contributed by atoms with Gasteiger partial charge in [0.1, 0.15) is 17.5 Å². The van der Waals surface area contributed by atoms with Gasteiger partial charge < -0.3 is 15.5 Å². The van der Waals surface area contributed by atoms with Crippen molar-refractivity contribution in [3.05, 3.63) is 11.4 Å². The van der Waals surface area contributed by atoms with Gasteiger partial charge in [-0.1, -0.05) is 20.8 Å². The van der Waals surface area contributed by atoms with Gasteiger partial charge in [0, 0.05) is 30.1 Å². The first-order chi connectivity index (χ1) is 9.70. The van der Waals surface area contributed by atoms with Gasteiger partial charge in [0.25, 0.3) is 0 Å². The first-order valence-electron chi connectivity index (χ1n) is 7.76. The topological polar surface area (TPSA) is 58.3 Å². The maximum absolute atomic E-state index is 6.11. The molecule has 5 nitrogen and oxygen atoms in total. The summed E-state index contributed by atoms with van der Waals surface area (Å²) in [6, 6.07) is 0.669. The van der Waals surface area contributed by atoms with Crippen LogP contribution < -0.4 is 10.6 Å². The number of hydrogen-bond acceptors (Lipinski definition) is 5. The van der Waals surface area contributed by atoms with E-state index >= 15 is 0 Å². The predicted molar refractivity (Wildman–Crippen MR) is 88.8 cm³/mol. The fourth-order valence-electron chi connectivity index (χ4n) is 2.76. The van der Waals surface area contributed by atoms with Crippen LogP contribution in [0.1, 0.15) is 45.0 Å². The van der Waals surface area contributed by atoms with Crippen LogP contribution in [0.5, 0.6) is 0 Å². The van der Waals surface area contributed by atoms with Crippen LogP contribution in [0, 0.1) is 6.92 Å². The number of nitrogen functional groups attached to an aromatic ring is 1. The Morgan fingerprint density at radius 1 is 1.14 bits per heavy atom. The minimum atomic E-state index is -0.0848. The molecule has 1 aliphatic rings. The zero-order valence-corrected chi connectivity index (χ0v) is 14.3. The van der Waals surface area contributed by atoms with Crippen LogP contribution in [0.25, 0.3) is 0 Å². The molecule has 1 aromatic heterocycles. The lowest BCUT2D eigenvalue weighted by Gasteiger charge is -2.37. The van der Waals surface area contributed by atoms with Crippen LogP contribution in [0.15, 0.2) is 0 Å². The summed E-state index contributed by atoms with van der Waals surface area (Å²) in [6.45, 7) is 10.5. The average Bonchev–Trinajstić information content (AvgIpc) is 2.40. The Hall–Kier alpha value is -1.36. The highest BCUT2D eigenvalue weighted by atomic mass is 15.2. The highest BCUT2D eigenvalue weighted by molar-refractivity contribution is 5.57. The highest BCUT2D eigenvalue weighted by Crippen LogP contribution is 2.29. The second-order valence-electron chi connectivity index (χ2n) is 7.31. The molecular formula is C16H29N5. The molecule has 2 N–H and O–H groups in total. The Labute approximate surface area is 128 Å². The number of nitrogens with two attached hydrogens (primary N) is 1. The molecule has 0 saturated carbocycles. The fraction of sp³-hybridized carbons (Fsp3) is 0.750. The van der Waals surface area contributed by atoms with E-state index in [2.05, 4.69) is 49.7 Å². The van der Waals surface area contributed by atoms with E-state index in [1.54, 1.807) is 0 Å². The van der Waals surface area contributed by atoms with Gasteiger partial charge in [0.05, 0.1) is 0 Å². The SMILES string of the molecule is Cc1c(N)nc(C(C)(C)C)nc1N1CCC(N(C)C)CC1. The molecule has 0 atom stereocenters. The number of anilines is 2. The van der Waals surface area contributed by atoms with Crippen molar-refractivity contribution >= 4 is 11.6 Å². The summed E-state index contributed by atoms with van der Waals surface area (Å²) in [7, 11) is 4.32. The van der Waals surface area contributed by atoms with E-state index in [0.29, 0.717) is 11.9 Å². The van der Waals surface area contributed by atoms with Gasteiger partial charge in [-0.05, 0) is 33.9 Å². The zero-order chi connectivity index (χ0) is 15.8. The van der Waals surface area contributed by atoms with Crippen LogP contribution in [0.3, 0.4) is 0 Å². The van der Waals surface area contributed by atoms with Crippen molar-refractivity contribution in [3.63, 3.8) is 0 Å². The molecule has 0 amide bonds. The molecule has 118 valence electrons. The minimum Gasteiger partial charge on any atom is -0.383 e. The fourth-order valence-corrected chi connectivity index (χ4v) is 2.76. The van der Waals surface area contributed by atoms with Crippen LogP contribution in [-0.2, 0) is 5.41 Å². The molecule has 2 rings (SSSR count). The first kappa shape index (κ1) is 16.0. The van der Waals surface area contributed by atoms with Gasteiger partial charge in [-0.25, -0.2) is 9.97 Å². The normalized spacial score (nSPS) is 17.6. The molecule has 0 spiro atoms. The summed E-state index contributed by atoms with van der Waals surface area (Å²) in [6.07, 6.45) is 2.34. The molecule has 0 radical (unpaired) electrons. The maximum atomic E-state index is 6.11. The lowest BCUT2D eigenvalue weighted by Crippen LogP contribution is -2.42. The quantitative estimate of drug-likeness (QED) is 0.905. The third-order valence-electron chi connectivity index (χ3n) is 4.32. The number of aromatic nitrogens is 2. The van der Waals surface area contributed by atoms with Crippen LogP contribution >= 0.6 is 0 Å². The monoisotopic (exact) mass is 291 g/mol. The number of nitrogens with zero attached hydrogens (tertiary/aromatic N) is 4. The van der Waals surface area contributed by atoms with Crippen molar-refractivity contribution in [2.75, 3.05) is 37.8 Å². The van der Waals surface area contributed by atoms with Gasteiger partial charge >= 0.3 is 0 Å². The molecule has 2 heterocycles. The zero-order valence-electron chi connectivity index (χ0n) is 14.3. The van der Waals surface area contributed by atoms with Gasteiger partial charge in [0.15, 0.2) is 0 Å². The molecule has 1 fully saturated rings. The Kier molecular flexibility index (Phi) is 4.42. The van der Waals surface area contributed by atoms with E-state index in [-0.39, 0.29) is 5.41 Å². The van der Waals surface area contributed by atoms with Gasteiger partial charge in [-0.15, -0.1) is 0 Å². The minimum absolute atomic E-state index is 0.0848. The number of hydrogen-bond donors (Lipinski definition) is 1. The third kappa shape index (κ3) is 3.46. The van der Waals surface area contributed by atoms with Crippen molar-refractivity contribution < 1.29 is 0 Å². The summed E-state index contributed by atoms with van der Waals surface area (Å²) < 4.78 is 0. The summed E-state index contributed by atoms with van der Waals surface area (Å²) in [5.41, 5.74) is 7.04. The first-order valence-corrected chi connectivity index (χ1v) is 7.76. The second-order valence-corrected chi connectivity index (χ2v) is 7.31. The molecular weight excluding hydrogens is 262 g/mol. The van der Waals surface area contributed by atoms with E-state index in [0.717, 1.165) is 30.3 Å². The van der Waals surface area contributed by atoms with Crippen molar-refractivity contribution in [1.82, 2.24) is 14.9 Å². The van der Waals surface area contributed by atoms with Crippen molar-refractivity contribution in [2.24, 2.45) is 0 Å². The van der Waals surface area contributed by atoms with Crippen LogP contribution in [0.2, 0.25) is 0 Å². The summed E-state index contributed by atoms with van der Waals surface area (Å²) in [4.78, 5) is 14.0. The highest BCUT2D eigenvalue weighted by Gasteiger charge is 2.26. The van der Waals surface area contributed by atoms with E-state index < -0.39 is 0 Å². The van der Waals surface area contributed by atoms with Gasteiger partial charge in [-0.3, -0.25) is 0 Å². The lowest BCUT2D eigenvalue weighted by molar-refractivity contribution is 0.249. The maximum Gasteiger partial charge on any atom is 0.138 e. The smallest absolute Gasteiger partial charge is 0.138 e. The molecule has 0 unspecified atom stereocenters. The van der Waals surface area contributed by atoms with Crippen LogP contribution in [-0.4, -0.2) is 48.1 Å². The second kappa shape index (κ2) is 5.79. The molecule has 0 aliphatic carbocycles. The van der Waals surface area contributed by atoms with E-state index in [1.165, 1.54) is 12.8 Å². The standard InChI is InChI=1S/C16H29N5/c1-11-13(17)18-15(16(2,3)4)19-14(11)21-9-7-12(8-10-21)20(5)6/h12H,7-10H2,1-6H3,(H2,17,18,19). The summed E-state index contributed by atoms with van der Waals surface area (Å²) in [5, 5.41) is 0. The number of rotatable bonds is 2. The molecule has 5 heteroatoms. The molecule has 1 saturated heterocycles. The van der Waals surface area contributed by atoms with E-state index in [1.807, 2.05) is 6.92 Å². The van der Waals surface area contributed by atoms with Crippen molar-refractivity contribution in [2.45, 2.75) is 52.0 Å². The summed E-state index contributed by atoms with van der Waals surface area (Å²) >= 11 is 0. The molecule has 0 bridgehead atoms. The van der Waals surface area contributed by atoms with Crippen molar-refractivity contribution in [3.8, 4) is 0 Å². The predicted octanol–water partition coefficient (Wildman–Crippen LogP) is 2.20. The Morgan fingerprint density at radius 2 is 1.71 bits per heavy atom. The largest absolute Gasteiger partial charge is 0.383 e. The van der Waals surface area contributed by atoms with Crippen LogP contribution in [0.4, 0.5) is 11.6 Å². The van der Waals surface area contributed by atoms with Gasteiger partial charge in [0.2, 0.25) is 0 Å². The molecule has 21 heavy (non-hydrogen) atoms. The van der Waals surface area contributed by atoms with E-state index in [9.17, 15) is 0 Å². The number of piperidine rings is 1. The van der Waals surface area contributed by atoms with E-state index in [4.69, 9.17) is 10.7 Å². The third-order valence-corrected chi connectivity index (χ3v) is 4.32. The van der Waals surface area contributed by atoms with Gasteiger partial charge in [-0.2, -0.15) is 0 Å². The molecule has 1 aromatic rings. The Bertz CT molecular complexity index is 496. The Morgan fingerprint density at radius 3 is 2.19 bits per heavy atom.